The minimum Gasteiger partial charge on any atom is -0.312 e. The van der Waals surface area contributed by atoms with Crippen LogP contribution in [0.3, 0.4) is 0 Å². The lowest BCUT2D eigenvalue weighted by Gasteiger charge is -2.32. The van der Waals surface area contributed by atoms with E-state index in [-0.39, 0.29) is 0 Å². The summed E-state index contributed by atoms with van der Waals surface area (Å²) in [6.45, 7) is 13.7. The number of nitrogens with zero attached hydrogens (tertiary/aromatic N) is 1. The molecule has 0 fully saturated rings. The first-order chi connectivity index (χ1) is 7.56. The predicted octanol–water partition coefficient (Wildman–Crippen LogP) is 3.13. The molecule has 0 saturated heterocycles. The molecule has 0 aromatic carbocycles. The zero-order valence-corrected chi connectivity index (χ0v) is 12.2. The third kappa shape index (κ3) is 5.86. The summed E-state index contributed by atoms with van der Waals surface area (Å²) in [5, 5.41) is 3.66. The summed E-state index contributed by atoms with van der Waals surface area (Å²) < 4.78 is 0. The molecule has 0 saturated carbocycles. The molecule has 1 N–H and O–H groups in total. The van der Waals surface area contributed by atoms with Crippen LogP contribution in [-0.2, 0) is 0 Å². The fourth-order valence-corrected chi connectivity index (χ4v) is 2.21. The second-order valence-corrected chi connectivity index (χ2v) is 5.21. The normalized spacial score (nSPS) is 14.1. The molecule has 2 nitrogen and oxygen atoms in total. The van der Waals surface area contributed by atoms with E-state index in [9.17, 15) is 0 Å². The van der Waals surface area contributed by atoms with Gasteiger partial charge < -0.3 is 10.2 Å². The molecule has 0 bridgehead atoms. The van der Waals surface area contributed by atoms with Crippen LogP contribution in [-0.4, -0.2) is 37.1 Å². The highest BCUT2D eigenvalue weighted by molar-refractivity contribution is 4.76. The van der Waals surface area contributed by atoms with Crippen molar-refractivity contribution in [1.29, 1.82) is 0 Å². The van der Waals surface area contributed by atoms with Gasteiger partial charge in [0, 0.05) is 18.6 Å². The van der Waals surface area contributed by atoms with Crippen molar-refractivity contribution in [2.75, 3.05) is 20.1 Å². The maximum Gasteiger partial charge on any atom is 0.0217 e. The number of likely N-dealkylation sites (N-methyl/N-ethyl adjacent to an activating group) is 1. The molecule has 0 rings (SSSR count). The van der Waals surface area contributed by atoms with E-state index in [1.165, 1.54) is 25.8 Å². The molecule has 16 heavy (non-hydrogen) atoms. The highest BCUT2D eigenvalue weighted by atomic mass is 15.2. The van der Waals surface area contributed by atoms with Gasteiger partial charge in [-0.15, -0.1) is 0 Å². The van der Waals surface area contributed by atoms with E-state index in [1.54, 1.807) is 0 Å². The number of rotatable bonds is 9. The van der Waals surface area contributed by atoms with E-state index in [0.29, 0.717) is 12.0 Å². The Bertz CT molecular complexity index is 153. The Balaban J connectivity index is 4.15. The Kier molecular flexibility index (Phi) is 8.96. The quantitative estimate of drug-likeness (QED) is 0.652. The van der Waals surface area contributed by atoms with Crippen LogP contribution in [0.5, 0.6) is 0 Å². The monoisotopic (exact) mass is 228 g/mol. The van der Waals surface area contributed by atoms with Crippen molar-refractivity contribution in [2.24, 2.45) is 5.92 Å². The Morgan fingerprint density at radius 2 is 1.62 bits per heavy atom. The van der Waals surface area contributed by atoms with Crippen molar-refractivity contribution >= 4 is 0 Å². The minimum absolute atomic E-state index is 0.630. The molecule has 0 amide bonds. The molecule has 0 aliphatic heterocycles. The van der Waals surface area contributed by atoms with Gasteiger partial charge in [0.15, 0.2) is 0 Å². The third-order valence-electron chi connectivity index (χ3n) is 3.51. The maximum absolute atomic E-state index is 3.66. The Labute approximate surface area is 103 Å². The van der Waals surface area contributed by atoms with Gasteiger partial charge in [-0.3, -0.25) is 0 Å². The van der Waals surface area contributed by atoms with Gasteiger partial charge >= 0.3 is 0 Å². The van der Waals surface area contributed by atoms with Crippen LogP contribution in [0.4, 0.5) is 0 Å². The molecule has 2 heteroatoms. The lowest BCUT2D eigenvalue weighted by Crippen LogP contribution is -2.46. The predicted molar refractivity (Wildman–Crippen MR) is 73.9 cm³/mol. The zero-order chi connectivity index (χ0) is 12.6. The lowest BCUT2D eigenvalue weighted by molar-refractivity contribution is 0.188. The van der Waals surface area contributed by atoms with E-state index in [0.717, 1.165) is 12.6 Å². The molecule has 0 aromatic heterocycles. The van der Waals surface area contributed by atoms with Crippen LogP contribution in [0.15, 0.2) is 0 Å². The van der Waals surface area contributed by atoms with Gasteiger partial charge in [0.05, 0.1) is 0 Å². The Morgan fingerprint density at radius 3 is 2.00 bits per heavy atom. The van der Waals surface area contributed by atoms with Crippen LogP contribution >= 0.6 is 0 Å². The maximum atomic E-state index is 3.66. The minimum atomic E-state index is 0.630. The SMILES string of the molecule is CCCNC(CN(C)C(CC)CC)C(C)C. The van der Waals surface area contributed by atoms with Crippen molar-refractivity contribution in [3.8, 4) is 0 Å². The fourth-order valence-electron chi connectivity index (χ4n) is 2.21. The van der Waals surface area contributed by atoms with E-state index < -0.39 is 0 Å². The molecule has 1 unspecified atom stereocenters. The van der Waals surface area contributed by atoms with E-state index in [2.05, 4.69) is 51.9 Å². The van der Waals surface area contributed by atoms with Crippen molar-refractivity contribution in [2.45, 2.75) is 66.0 Å². The fraction of sp³-hybridized carbons (Fsp3) is 1.00. The van der Waals surface area contributed by atoms with E-state index >= 15 is 0 Å². The standard InChI is InChI=1S/C14H32N2/c1-7-10-15-14(12(4)5)11-16(6)13(8-2)9-3/h12-15H,7-11H2,1-6H3. The van der Waals surface area contributed by atoms with Crippen LogP contribution < -0.4 is 5.32 Å². The van der Waals surface area contributed by atoms with Crippen LogP contribution in [0.2, 0.25) is 0 Å². The van der Waals surface area contributed by atoms with Gasteiger partial charge in [0.25, 0.3) is 0 Å². The van der Waals surface area contributed by atoms with Gasteiger partial charge in [-0.25, -0.2) is 0 Å². The average Bonchev–Trinajstić information content (AvgIpc) is 2.25. The van der Waals surface area contributed by atoms with E-state index in [4.69, 9.17) is 0 Å². The first-order valence-electron chi connectivity index (χ1n) is 7.00. The molecule has 98 valence electrons. The summed E-state index contributed by atoms with van der Waals surface area (Å²) in [7, 11) is 2.26. The molecule has 0 aromatic rings. The number of hydrogen-bond donors (Lipinski definition) is 1. The second-order valence-electron chi connectivity index (χ2n) is 5.21. The van der Waals surface area contributed by atoms with Gasteiger partial charge in [0.1, 0.15) is 0 Å². The largest absolute Gasteiger partial charge is 0.312 e. The number of hydrogen-bond acceptors (Lipinski definition) is 2. The third-order valence-corrected chi connectivity index (χ3v) is 3.51. The van der Waals surface area contributed by atoms with Gasteiger partial charge in [-0.2, -0.15) is 0 Å². The number of nitrogens with one attached hydrogen (secondary N) is 1. The zero-order valence-electron chi connectivity index (χ0n) is 12.2. The molecule has 1 atom stereocenters. The van der Waals surface area contributed by atoms with Crippen molar-refractivity contribution in [3.63, 3.8) is 0 Å². The first kappa shape index (κ1) is 15.9. The Morgan fingerprint density at radius 1 is 1.06 bits per heavy atom. The van der Waals surface area contributed by atoms with Gasteiger partial charge in [0.2, 0.25) is 0 Å². The van der Waals surface area contributed by atoms with Crippen LogP contribution in [0, 0.1) is 5.92 Å². The van der Waals surface area contributed by atoms with Crippen molar-refractivity contribution in [1.82, 2.24) is 10.2 Å². The summed E-state index contributed by atoms with van der Waals surface area (Å²) in [5.74, 6) is 0.711. The molecule has 0 radical (unpaired) electrons. The molecule has 0 heterocycles. The first-order valence-corrected chi connectivity index (χ1v) is 7.00. The highest BCUT2D eigenvalue weighted by Gasteiger charge is 2.18. The summed E-state index contributed by atoms with van der Waals surface area (Å²) in [6.07, 6.45) is 3.73. The molecule has 0 aliphatic carbocycles. The summed E-state index contributed by atoms with van der Waals surface area (Å²) in [6, 6.07) is 1.37. The lowest BCUT2D eigenvalue weighted by atomic mass is 10.0. The van der Waals surface area contributed by atoms with Gasteiger partial charge in [-0.05, 0) is 38.8 Å². The van der Waals surface area contributed by atoms with E-state index in [1.807, 2.05) is 0 Å². The topological polar surface area (TPSA) is 15.3 Å². The van der Waals surface area contributed by atoms with Crippen LogP contribution in [0.1, 0.15) is 53.9 Å². The highest BCUT2D eigenvalue weighted by Crippen LogP contribution is 2.10. The van der Waals surface area contributed by atoms with Gasteiger partial charge in [-0.1, -0.05) is 34.6 Å². The Hall–Kier alpha value is -0.0800. The average molecular weight is 228 g/mol. The molecular formula is C14H32N2. The smallest absolute Gasteiger partial charge is 0.0217 e. The van der Waals surface area contributed by atoms with Crippen molar-refractivity contribution < 1.29 is 0 Å². The summed E-state index contributed by atoms with van der Waals surface area (Å²) >= 11 is 0. The molecule has 0 spiro atoms. The molecule has 0 aliphatic rings. The second kappa shape index (κ2) is 9.00. The van der Waals surface area contributed by atoms with Crippen molar-refractivity contribution in [3.05, 3.63) is 0 Å². The summed E-state index contributed by atoms with van der Waals surface area (Å²) in [4.78, 5) is 2.52. The van der Waals surface area contributed by atoms with Crippen LogP contribution in [0.25, 0.3) is 0 Å². The molecular weight excluding hydrogens is 196 g/mol. The summed E-state index contributed by atoms with van der Waals surface area (Å²) in [5.41, 5.74) is 0.